The standard InChI is InChI=1S/C18H22FN3O/c19-15-3-1-2-14(10-15)18(12-20)7-4-17(5-8-18)22-9-6-16(11-22)21-13-23/h1-3,10,13,16-17H,4-9,11H2,(H,21,23). The van der Waals surface area contributed by atoms with Crippen LogP contribution in [0, 0.1) is 17.1 Å². The molecule has 1 amide bonds. The van der Waals surface area contributed by atoms with Gasteiger partial charge < -0.3 is 5.32 Å². The van der Waals surface area contributed by atoms with Crippen molar-refractivity contribution >= 4 is 6.41 Å². The topological polar surface area (TPSA) is 56.1 Å². The van der Waals surface area contributed by atoms with Crippen LogP contribution in [-0.4, -0.2) is 36.5 Å². The van der Waals surface area contributed by atoms with E-state index in [1.807, 2.05) is 6.07 Å². The second-order valence-electron chi connectivity index (χ2n) is 6.70. The van der Waals surface area contributed by atoms with Crippen LogP contribution in [0.15, 0.2) is 24.3 Å². The van der Waals surface area contributed by atoms with Gasteiger partial charge in [0.1, 0.15) is 5.82 Å². The number of nitriles is 1. The van der Waals surface area contributed by atoms with Gasteiger partial charge in [0.25, 0.3) is 0 Å². The molecule has 1 aromatic rings. The fraction of sp³-hybridized carbons (Fsp3) is 0.556. The number of hydrogen-bond acceptors (Lipinski definition) is 3. The molecule has 3 rings (SSSR count). The summed E-state index contributed by atoms with van der Waals surface area (Å²) in [5.41, 5.74) is 0.249. The maximum Gasteiger partial charge on any atom is 0.207 e. The second kappa shape index (κ2) is 6.67. The third kappa shape index (κ3) is 3.23. The third-order valence-electron chi connectivity index (χ3n) is 5.44. The average Bonchev–Trinajstić information content (AvgIpc) is 3.04. The van der Waals surface area contributed by atoms with E-state index in [1.165, 1.54) is 12.1 Å². The number of hydrogen-bond donors (Lipinski definition) is 1. The van der Waals surface area contributed by atoms with Crippen molar-refractivity contribution in [1.82, 2.24) is 10.2 Å². The Morgan fingerprint density at radius 1 is 1.35 bits per heavy atom. The number of rotatable bonds is 4. The molecule has 2 fully saturated rings. The number of likely N-dealkylation sites (tertiary alicyclic amines) is 1. The van der Waals surface area contributed by atoms with Gasteiger partial charge in [-0.2, -0.15) is 5.26 Å². The fourth-order valence-electron chi connectivity index (χ4n) is 4.06. The first kappa shape index (κ1) is 15.9. The highest BCUT2D eigenvalue weighted by Gasteiger charge is 2.40. The number of amides is 1. The van der Waals surface area contributed by atoms with Crippen molar-refractivity contribution in [2.24, 2.45) is 0 Å². The lowest BCUT2D eigenvalue weighted by atomic mass is 9.69. The maximum atomic E-state index is 13.5. The van der Waals surface area contributed by atoms with Gasteiger partial charge in [-0.15, -0.1) is 0 Å². The minimum Gasteiger partial charge on any atom is -0.355 e. The molecule has 1 heterocycles. The Labute approximate surface area is 136 Å². The molecule has 0 aromatic heterocycles. The van der Waals surface area contributed by atoms with E-state index in [4.69, 9.17) is 0 Å². The van der Waals surface area contributed by atoms with E-state index in [-0.39, 0.29) is 11.9 Å². The lowest BCUT2D eigenvalue weighted by Gasteiger charge is -2.39. The summed E-state index contributed by atoms with van der Waals surface area (Å²) in [5, 5.41) is 12.6. The molecule has 1 unspecified atom stereocenters. The van der Waals surface area contributed by atoms with E-state index < -0.39 is 5.41 Å². The average molecular weight is 315 g/mol. The Bertz CT molecular complexity index is 605. The van der Waals surface area contributed by atoms with Crippen LogP contribution in [0.1, 0.15) is 37.7 Å². The molecule has 0 spiro atoms. The van der Waals surface area contributed by atoms with Crippen LogP contribution in [-0.2, 0) is 10.2 Å². The van der Waals surface area contributed by atoms with Gasteiger partial charge >= 0.3 is 0 Å². The normalized spacial score (nSPS) is 31.5. The van der Waals surface area contributed by atoms with Crippen LogP contribution in [0.5, 0.6) is 0 Å². The summed E-state index contributed by atoms with van der Waals surface area (Å²) < 4.78 is 13.5. The summed E-state index contributed by atoms with van der Waals surface area (Å²) >= 11 is 0. The number of nitrogens with one attached hydrogen (secondary N) is 1. The van der Waals surface area contributed by atoms with Gasteiger partial charge in [-0.05, 0) is 49.8 Å². The predicted octanol–water partition coefficient (Wildman–Crippen LogP) is 2.35. The minimum atomic E-state index is -0.557. The highest BCUT2D eigenvalue weighted by atomic mass is 19.1. The van der Waals surface area contributed by atoms with Gasteiger partial charge in [0.05, 0.1) is 11.5 Å². The molecule has 4 nitrogen and oxygen atoms in total. The maximum absolute atomic E-state index is 13.5. The Balaban J connectivity index is 1.65. The SMILES string of the molecule is N#CC1(c2cccc(F)c2)CCC(N2CCC(NC=O)C2)CC1. The first-order valence-electron chi connectivity index (χ1n) is 8.28. The Hall–Kier alpha value is -1.93. The number of carbonyl (C=O) groups is 1. The van der Waals surface area contributed by atoms with E-state index in [0.717, 1.165) is 57.2 Å². The summed E-state index contributed by atoms with van der Waals surface area (Å²) in [6, 6.07) is 9.65. The number of benzene rings is 1. The van der Waals surface area contributed by atoms with E-state index >= 15 is 0 Å². The summed E-state index contributed by atoms with van der Waals surface area (Å²) in [5.74, 6) is -0.276. The van der Waals surface area contributed by atoms with Crippen molar-refractivity contribution in [1.29, 1.82) is 5.26 Å². The minimum absolute atomic E-state index is 0.248. The van der Waals surface area contributed by atoms with Gasteiger partial charge in [0.15, 0.2) is 0 Å². The lowest BCUT2D eigenvalue weighted by molar-refractivity contribution is -0.110. The highest BCUT2D eigenvalue weighted by Crippen LogP contribution is 2.41. The molecule has 1 saturated heterocycles. The molecule has 1 aliphatic heterocycles. The first-order chi connectivity index (χ1) is 11.2. The molecule has 1 aliphatic carbocycles. The molecule has 122 valence electrons. The molecule has 23 heavy (non-hydrogen) atoms. The van der Waals surface area contributed by atoms with E-state index in [2.05, 4.69) is 16.3 Å². The Kier molecular flexibility index (Phi) is 4.63. The largest absolute Gasteiger partial charge is 0.355 e. The van der Waals surface area contributed by atoms with Gasteiger partial charge in [-0.1, -0.05) is 12.1 Å². The van der Waals surface area contributed by atoms with Crippen molar-refractivity contribution in [3.63, 3.8) is 0 Å². The predicted molar refractivity (Wildman–Crippen MR) is 85.1 cm³/mol. The van der Waals surface area contributed by atoms with Crippen LogP contribution >= 0.6 is 0 Å². The molecule has 0 bridgehead atoms. The Morgan fingerprint density at radius 2 is 2.13 bits per heavy atom. The quantitative estimate of drug-likeness (QED) is 0.868. The van der Waals surface area contributed by atoms with Gasteiger partial charge in [0, 0.05) is 25.2 Å². The van der Waals surface area contributed by atoms with Gasteiger partial charge in [0.2, 0.25) is 6.41 Å². The zero-order valence-electron chi connectivity index (χ0n) is 13.2. The Morgan fingerprint density at radius 3 is 2.78 bits per heavy atom. The summed E-state index contributed by atoms with van der Waals surface area (Å²) in [6.07, 6.45) is 5.18. The van der Waals surface area contributed by atoms with Gasteiger partial charge in [-0.3, -0.25) is 9.69 Å². The summed E-state index contributed by atoms with van der Waals surface area (Å²) in [6.45, 7) is 1.89. The molecule has 1 N–H and O–H groups in total. The van der Waals surface area contributed by atoms with Crippen molar-refractivity contribution in [2.45, 2.75) is 49.6 Å². The van der Waals surface area contributed by atoms with Crippen LogP contribution in [0.4, 0.5) is 4.39 Å². The second-order valence-corrected chi connectivity index (χ2v) is 6.70. The number of nitrogens with zero attached hydrogens (tertiary/aromatic N) is 2. The van der Waals surface area contributed by atoms with E-state index in [9.17, 15) is 14.4 Å². The molecule has 1 aromatic carbocycles. The molecular formula is C18H22FN3O. The number of carbonyl (C=O) groups excluding carboxylic acids is 1. The molecule has 5 heteroatoms. The molecular weight excluding hydrogens is 293 g/mol. The summed E-state index contributed by atoms with van der Waals surface area (Å²) in [4.78, 5) is 13.0. The van der Waals surface area contributed by atoms with Crippen LogP contribution in [0.3, 0.4) is 0 Å². The smallest absolute Gasteiger partial charge is 0.207 e. The fourth-order valence-corrected chi connectivity index (χ4v) is 4.06. The first-order valence-corrected chi connectivity index (χ1v) is 8.28. The lowest BCUT2D eigenvalue weighted by Crippen LogP contribution is -2.42. The highest BCUT2D eigenvalue weighted by molar-refractivity contribution is 5.46. The molecule has 1 atom stereocenters. The zero-order valence-corrected chi connectivity index (χ0v) is 13.2. The van der Waals surface area contributed by atoms with Gasteiger partial charge in [-0.25, -0.2) is 4.39 Å². The van der Waals surface area contributed by atoms with E-state index in [1.54, 1.807) is 6.07 Å². The number of halogens is 1. The van der Waals surface area contributed by atoms with Crippen molar-refractivity contribution in [2.75, 3.05) is 13.1 Å². The summed E-state index contributed by atoms with van der Waals surface area (Å²) in [7, 11) is 0. The van der Waals surface area contributed by atoms with Crippen molar-refractivity contribution < 1.29 is 9.18 Å². The van der Waals surface area contributed by atoms with Crippen LogP contribution < -0.4 is 5.32 Å². The third-order valence-corrected chi connectivity index (χ3v) is 5.44. The molecule has 1 saturated carbocycles. The zero-order chi connectivity index (χ0) is 16.3. The van der Waals surface area contributed by atoms with Crippen molar-refractivity contribution in [3.05, 3.63) is 35.6 Å². The van der Waals surface area contributed by atoms with Crippen molar-refractivity contribution in [3.8, 4) is 6.07 Å². The molecule has 2 aliphatic rings. The van der Waals surface area contributed by atoms with Crippen LogP contribution in [0.25, 0.3) is 0 Å². The van der Waals surface area contributed by atoms with E-state index in [0.29, 0.717) is 6.04 Å². The molecule has 0 radical (unpaired) electrons. The van der Waals surface area contributed by atoms with Crippen LogP contribution in [0.2, 0.25) is 0 Å². The monoisotopic (exact) mass is 315 g/mol.